The van der Waals surface area contributed by atoms with Gasteiger partial charge >= 0.3 is 5.92 Å². The van der Waals surface area contributed by atoms with Gasteiger partial charge in [-0.15, -0.1) is 0 Å². The molecule has 24 heavy (non-hydrogen) atoms. The molecule has 2 aromatic rings. The van der Waals surface area contributed by atoms with E-state index in [1.807, 2.05) is 0 Å². The van der Waals surface area contributed by atoms with Gasteiger partial charge in [0.25, 0.3) is 11.8 Å². The molecule has 8 heteroatoms. The van der Waals surface area contributed by atoms with Gasteiger partial charge in [-0.1, -0.05) is 29.4 Å². The monoisotopic (exact) mass is 339 g/mol. The fourth-order valence-electron chi connectivity index (χ4n) is 1.78. The average molecular weight is 339 g/mol. The third kappa shape index (κ3) is 4.14. The van der Waals surface area contributed by atoms with Crippen LogP contribution in [0.4, 0.5) is 8.78 Å². The Bertz CT molecular complexity index is 706. The van der Waals surface area contributed by atoms with E-state index in [0.29, 0.717) is 19.0 Å². The van der Waals surface area contributed by atoms with Gasteiger partial charge in [-0.05, 0) is 19.4 Å². The first kappa shape index (κ1) is 18.0. The molecule has 0 atom stereocenters. The lowest BCUT2D eigenvalue weighted by molar-refractivity contribution is -0.139. The Morgan fingerprint density at radius 2 is 1.88 bits per heavy atom. The molecule has 0 saturated carbocycles. The van der Waals surface area contributed by atoms with Gasteiger partial charge in [-0.25, -0.2) is 0 Å². The van der Waals surface area contributed by atoms with Crippen molar-refractivity contribution in [2.75, 3.05) is 7.11 Å². The van der Waals surface area contributed by atoms with Crippen molar-refractivity contribution in [3.63, 3.8) is 0 Å². The molecule has 130 valence electrons. The molecule has 0 unspecified atom stereocenters. The Morgan fingerprint density at radius 3 is 2.38 bits per heavy atom. The topological polar surface area (TPSA) is 77.2 Å². The van der Waals surface area contributed by atoms with Gasteiger partial charge < -0.3 is 14.6 Å². The molecule has 0 aliphatic heterocycles. The normalized spacial score (nSPS) is 12.2. The summed E-state index contributed by atoms with van der Waals surface area (Å²) in [6.07, 6.45) is 0. The number of hydrogen-bond donors (Lipinski definition) is 1. The fraction of sp³-hybridized carbons (Fsp3) is 0.438. The molecule has 0 spiro atoms. The van der Waals surface area contributed by atoms with E-state index in [1.54, 1.807) is 38.1 Å². The summed E-state index contributed by atoms with van der Waals surface area (Å²) in [5, 5.41) is 6.31. The highest BCUT2D eigenvalue weighted by Crippen LogP contribution is 2.27. The first-order chi connectivity index (χ1) is 11.1. The molecule has 0 saturated heterocycles. The number of aromatic nitrogens is 2. The number of benzene rings is 1. The van der Waals surface area contributed by atoms with Gasteiger partial charge in [-0.2, -0.15) is 13.8 Å². The number of carbonyl (C=O) groups is 1. The van der Waals surface area contributed by atoms with Crippen molar-refractivity contribution < 1.29 is 22.8 Å². The molecule has 0 fully saturated rings. The van der Waals surface area contributed by atoms with E-state index in [9.17, 15) is 13.6 Å². The van der Waals surface area contributed by atoms with Gasteiger partial charge in [0.2, 0.25) is 5.82 Å². The van der Waals surface area contributed by atoms with Crippen molar-refractivity contribution in [2.24, 2.45) is 0 Å². The van der Waals surface area contributed by atoms with Crippen molar-refractivity contribution >= 4 is 5.91 Å². The van der Waals surface area contributed by atoms with Gasteiger partial charge in [0.05, 0.1) is 0 Å². The van der Waals surface area contributed by atoms with Crippen LogP contribution in [0.3, 0.4) is 0 Å². The predicted molar refractivity (Wildman–Crippen MR) is 82.2 cm³/mol. The Hall–Kier alpha value is -2.35. The maximum Gasteiger partial charge on any atom is 0.322 e. The van der Waals surface area contributed by atoms with Gasteiger partial charge in [0, 0.05) is 26.1 Å². The number of ether oxygens (including phenoxy) is 1. The van der Waals surface area contributed by atoms with E-state index in [0.717, 1.165) is 5.56 Å². The van der Waals surface area contributed by atoms with Crippen LogP contribution in [0.25, 0.3) is 11.4 Å². The number of hydrogen-bond acceptors (Lipinski definition) is 5. The molecule has 1 amide bonds. The summed E-state index contributed by atoms with van der Waals surface area (Å²) in [6.45, 7) is 4.35. The zero-order valence-electron chi connectivity index (χ0n) is 13.9. The van der Waals surface area contributed by atoms with Crippen molar-refractivity contribution in [3.05, 3.63) is 35.7 Å². The minimum atomic E-state index is -3.18. The SMILES string of the molecule is COC(C)(C)C(=O)NCc1ccc(-c2noc(C(C)(F)F)n2)cc1. The predicted octanol–water partition coefficient (Wildman–Crippen LogP) is 2.89. The first-order valence-corrected chi connectivity index (χ1v) is 7.28. The zero-order valence-corrected chi connectivity index (χ0v) is 13.9. The van der Waals surface area contributed by atoms with E-state index in [4.69, 9.17) is 4.74 Å². The molecule has 0 bridgehead atoms. The quantitative estimate of drug-likeness (QED) is 0.876. The van der Waals surface area contributed by atoms with Gasteiger partial charge in [-0.3, -0.25) is 4.79 Å². The molecule has 2 rings (SSSR count). The van der Waals surface area contributed by atoms with Crippen LogP contribution in [0.5, 0.6) is 0 Å². The minimum absolute atomic E-state index is 0.0858. The highest BCUT2D eigenvalue weighted by molar-refractivity contribution is 5.84. The summed E-state index contributed by atoms with van der Waals surface area (Å²) >= 11 is 0. The summed E-state index contributed by atoms with van der Waals surface area (Å²) in [5.41, 5.74) is 0.469. The molecular formula is C16H19F2N3O3. The van der Waals surface area contributed by atoms with Crippen molar-refractivity contribution in [1.82, 2.24) is 15.5 Å². The van der Waals surface area contributed by atoms with E-state index in [2.05, 4.69) is 20.0 Å². The second-order valence-electron chi connectivity index (χ2n) is 5.91. The van der Waals surface area contributed by atoms with E-state index in [1.165, 1.54) is 7.11 Å². The Kier molecular flexibility index (Phi) is 4.98. The smallest absolute Gasteiger partial charge is 0.322 e. The van der Waals surface area contributed by atoms with Crippen LogP contribution in [0, 0.1) is 0 Å². The van der Waals surface area contributed by atoms with E-state index < -0.39 is 17.4 Å². The standard InChI is InChI=1S/C16H19F2N3O3/c1-15(2,23-4)13(22)19-9-10-5-7-11(8-6-10)12-20-14(24-21-12)16(3,17)18/h5-8H,9H2,1-4H3,(H,19,22). The number of halogens is 2. The highest BCUT2D eigenvalue weighted by Gasteiger charge is 2.32. The summed E-state index contributed by atoms with van der Waals surface area (Å²) in [7, 11) is 1.47. The number of amides is 1. The molecule has 0 aliphatic carbocycles. The summed E-state index contributed by atoms with van der Waals surface area (Å²) < 4.78 is 35.9. The third-order valence-electron chi connectivity index (χ3n) is 3.52. The number of nitrogens with zero attached hydrogens (tertiary/aromatic N) is 2. The number of methoxy groups -OCH3 is 1. The summed E-state index contributed by atoms with van der Waals surface area (Å²) in [4.78, 5) is 15.6. The van der Waals surface area contributed by atoms with Crippen LogP contribution >= 0.6 is 0 Å². The molecule has 1 N–H and O–H groups in total. The minimum Gasteiger partial charge on any atom is -0.369 e. The zero-order chi connectivity index (χ0) is 18.0. The fourth-order valence-corrected chi connectivity index (χ4v) is 1.78. The second-order valence-corrected chi connectivity index (χ2v) is 5.91. The van der Waals surface area contributed by atoms with Crippen LogP contribution in [-0.4, -0.2) is 28.8 Å². The van der Waals surface area contributed by atoms with Crippen molar-refractivity contribution in [3.8, 4) is 11.4 Å². The lowest BCUT2D eigenvalue weighted by Gasteiger charge is -2.21. The first-order valence-electron chi connectivity index (χ1n) is 7.28. The van der Waals surface area contributed by atoms with Crippen molar-refractivity contribution in [2.45, 2.75) is 38.8 Å². The molecule has 0 radical (unpaired) electrons. The molecule has 1 aromatic carbocycles. The Morgan fingerprint density at radius 1 is 1.25 bits per heavy atom. The lowest BCUT2D eigenvalue weighted by atomic mass is 10.1. The second kappa shape index (κ2) is 6.64. The average Bonchev–Trinajstić information content (AvgIpc) is 3.03. The van der Waals surface area contributed by atoms with E-state index in [-0.39, 0.29) is 11.7 Å². The van der Waals surface area contributed by atoms with Crippen molar-refractivity contribution in [1.29, 1.82) is 0 Å². The highest BCUT2D eigenvalue weighted by atomic mass is 19.3. The van der Waals surface area contributed by atoms with Crippen LogP contribution in [-0.2, 0) is 22.0 Å². The lowest BCUT2D eigenvalue weighted by Crippen LogP contribution is -2.43. The number of alkyl halides is 2. The van der Waals surface area contributed by atoms with E-state index >= 15 is 0 Å². The maximum absolute atomic E-state index is 13.1. The van der Waals surface area contributed by atoms with Crippen LogP contribution in [0.2, 0.25) is 0 Å². The Balaban J connectivity index is 2.03. The molecule has 6 nitrogen and oxygen atoms in total. The maximum atomic E-state index is 13.1. The molecule has 1 heterocycles. The third-order valence-corrected chi connectivity index (χ3v) is 3.52. The molecule has 0 aliphatic rings. The van der Waals surface area contributed by atoms with Gasteiger partial charge in [0.1, 0.15) is 5.60 Å². The van der Waals surface area contributed by atoms with Gasteiger partial charge in [0.15, 0.2) is 0 Å². The molecular weight excluding hydrogens is 320 g/mol. The summed E-state index contributed by atoms with van der Waals surface area (Å²) in [5.74, 6) is -4.05. The number of nitrogens with one attached hydrogen (secondary N) is 1. The number of rotatable bonds is 6. The van der Waals surface area contributed by atoms with Crippen LogP contribution < -0.4 is 5.32 Å². The largest absolute Gasteiger partial charge is 0.369 e. The number of carbonyl (C=O) groups excluding carboxylic acids is 1. The van der Waals surface area contributed by atoms with Crippen LogP contribution in [0.15, 0.2) is 28.8 Å². The molecule has 1 aromatic heterocycles. The Labute approximate surface area is 138 Å². The summed E-state index contributed by atoms with van der Waals surface area (Å²) in [6, 6.07) is 6.84. The van der Waals surface area contributed by atoms with Crippen LogP contribution in [0.1, 0.15) is 32.2 Å².